The Labute approximate surface area is 106 Å². The first-order valence-electron chi connectivity index (χ1n) is 5.51. The molecule has 0 spiro atoms. The fourth-order valence-corrected chi connectivity index (χ4v) is 2.27. The summed E-state index contributed by atoms with van der Waals surface area (Å²) in [7, 11) is 0. The molecule has 5 heteroatoms. The van der Waals surface area contributed by atoms with E-state index in [1.165, 1.54) is 11.3 Å². The fourth-order valence-electron chi connectivity index (χ4n) is 1.34. The molecular weight excluding hydrogens is 234 g/mol. The molecule has 0 bridgehead atoms. The molecule has 4 nitrogen and oxygen atoms in total. The highest BCUT2D eigenvalue weighted by molar-refractivity contribution is 7.14. The molecular formula is C12H17N3OS. The zero-order valence-electron chi connectivity index (χ0n) is 10.4. The number of thiazole rings is 1. The highest BCUT2D eigenvalue weighted by atomic mass is 32.1. The molecule has 0 aliphatic heterocycles. The number of hydrogen-bond donors (Lipinski definition) is 1. The van der Waals surface area contributed by atoms with Crippen molar-refractivity contribution in [2.45, 2.75) is 27.3 Å². The second-order valence-electron chi connectivity index (χ2n) is 3.42. The van der Waals surface area contributed by atoms with Crippen LogP contribution in [0.15, 0.2) is 5.38 Å². The highest BCUT2D eigenvalue weighted by Gasteiger charge is 2.12. The standard InChI is InChI=1S/C12H17N3OS/c1-4-6-7-13-8-11-9-17-12(14-11)15(5-2)10(3)16/h9,13H,5,7-8H2,1-3H3. The van der Waals surface area contributed by atoms with Crippen LogP contribution in [0.5, 0.6) is 0 Å². The van der Waals surface area contributed by atoms with Crippen LogP contribution >= 0.6 is 11.3 Å². The Morgan fingerprint density at radius 1 is 1.65 bits per heavy atom. The van der Waals surface area contributed by atoms with Gasteiger partial charge < -0.3 is 5.32 Å². The van der Waals surface area contributed by atoms with E-state index in [1.807, 2.05) is 19.2 Å². The lowest BCUT2D eigenvalue weighted by Crippen LogP contribution is -2.27. The van der Waals surface area contributed by atoms with E-state index >= 15 is 0 Å². The molecule has 1 aromatic rings. The summed E-state index contributed by atoms with van der Waals surface area (Å²) in [5, 5.41) is 5.90. The van der Waals surface area contributed by atoms with Crippen molar-refractivity contribution in [2.75, 3.05) is 18.0 Å². The Bertz CT molecular complexity index is 430. The lowest BCUT2D eigenvalue weighted by molar-refractivity contribution is -0.116. The van der Waals surface area contributed by atoms with Crippen LogP contribution in [0.1, 0.15) is 26.5 Å². The van der Waals surface area contributed by atoms with E-state index in [4.69, 9.17) is 0 Å². The lowest BCUT2D eigenvalue weighted by atomic mass is 10.4. The van der Waals surface area contributed by atoms with E-state index in [0.717, 1.165) is 10.8 Å². The largest absolute Gasteiger partial charge is 0.300 e. The first-order chi connectivity index (χ1) is 8.19. The normalized spacial score (nSPS) is 9.59. The first-order valence-corrected chi connectivity index (χ1v) is 6.39. The lowest BCUT2D eigenvalue weighted by Gasteiger charge is -2.14. The molecule has 0 aromatic carbocycles. The number of carbonyl (C=O) groups excluding carboxylic acids is 1. The topological polar surface area (TPSA) is 45.2 Å². The fraction of sp³-hybridized carbons (Fsp3) is 0.500. The Balaban J connectivity index is 2.57. The average molecular weight is 251 g/mol. The Kier molecular flexibility index (Phi) is 5.67. The molecule has 1 aromatic heterocycles. The summed E-state index contributed by atoms with van der Waals surface area (Å²) in [6.45, 7) is 7.30. The van der Waals surface area contributed by atoms with Crippen molar-refractivity contribution in [2.24, 2.45) is 0 Å². The molecule has 1 rings (SSSR count). The number of aromatic nitrogens is 1. The van der Waals surface area contributed by atoms with Crippen LogP contribution in [0, 0.1) is 11.8 Å². The molecule has 0 fully saturated rings. The highest BCUT2D eigenvalue weighted by Crippen LogP contribution is 2.20. The molecule has 0 aliphatic rings. The van der Waals surface area contributed by atoms with Gasteiger partial charge in [-0.2, -0.15) is 0 Å². The van der Waals surface area contributed by atoms with E-state index in [-0.39, 0.29) is 5.91 Å². The smallest absolute Gasteiger partial charge is 0.225 e. The molecule has 92 valence electrons. The van der Waals surface area contributed by atoms with Gasteiger partial charge in [-0.15, -0.1) is 17.3 Å². The van der Waals surface area contributed by atoms with Gasteiger partial charge in [0.1, 0.15) is 0 Å². The number of rotatable bonds is 5. The summed E-state index contributed by atoms with van der Waals surface area (Å²) in [5.41, 5.74) is 0.947. The first kappa shape index (κ1) is 13.7. The van der Waals surface area contributed by atoms with E-state index in [0.29, 0.717) is 19.6 Å². The number of nitrogens with zero attached hydrogens (tertiary/aromatic N) is 2. The zero-order valence-corrected chi connectivity index (χ0v) is 11.2. The van der Waals surface area contributed by atoms with Gasteiger partial charge in [-0.3, -0.25) is 9.69 Å². The van der Waals surface area contributed by atoms with E-state index in [2.05, 4.69) is 22.1 Å². The molecule has 0 saturated heterocycles. The quantitative estimate of drug-likeness (QED) is 0.639. The van der Waals surface area contributed by atoms with Gasteiger partial charge in [-0.05, 0) is 13.8 Å². The number of nitrogens with one attached hydrogen (secondary N) is 1. The molecule has 1 heterocycles. The van der Waals surface area contributed by atoms with Crippen molar-refractivity contribution in [1.29, 1.82) is 0 Å². The second kappa shape index (κ2) is 7.05. The van der Waals surface area contributed by atoms with Crippen molar-refractivity contribution in [1.82, 2.24) is 10.3 Å². The SMILES string of the molecule is CC#CCNCc1csc(N(CC)C(C)=O)n1. The predicted molar refractivity (Wildman–Crippen MR) is 71.0 cm³/mol. The van der Waals surface area contributed by atoms with Gasteiger partial charge in [0.15, 0.2) is 5.13 Å². The number of hydrogen-bond acceptors (Lipinski definition) is 4. The summed E-state index contributed by atoms with van der Waals surface area (Å²) in [6.07, 6.45) is 0. The van der Waals surface area contributed by atoms with Crippen molar-refractivity contribution < 1.29 is 4.79 Å². The second-order valence-corrected chi connectivity index (χ2v) is 4.25. The van der Waals surface area contributed by atoms with Crippen LogP contribution in [0.4, 0.5) is 5.13 Å². The maximum atomic E-state index is 11.3. The Morgan fingerprint density at radius 2 is 2.41 bits per heavy atom. The average Bonchev–Trinajstić information content (AvgIpc) is 2.74. The molecule has 0 aliphatic carbocycles. The zero-order chi connectivity index (χ0) is 12.7. The van der Waals surface area contributed by atoms with Gasteiger partial charge in [-0.1, -0.05) is 5.92 Å². The predicted octanol–water partition coefficient (Wildman–Crippen LogP) is 1.63. The summed E-state index contributed by atoms with van der Waals surface area (Å²) in [4.78, 5) is 17.4. The van der Waals surface area contributed by atoms with Crippen molar-refractivity contribution in [3.63, 3.8) is 0 Å². The van der Waals surface area contributed by atoms with Gasteiger partial charge in [-0.25, -0.2) is 4.98 Å². The van der Waals surface area contributed by atoms with Gasteiger partial charge >= 0.3 is 0 Å². The Morgan fingerprint density at radius 3 is 3.00 bits per heavy atom. The molecule has 0 unspecified atom stereocenters. The molecule has 0 saturated carbocycles. The molecule has 0 atom stereocenters. The molecule has 17 heavy (non-hydrogen) atoms. The van der Waals surface area contributed by atoms with Gasteiger partial charge in [0.05, 0.1) is 12.2 Å². The Hall–Kier alpha value is -1.38. The van der Waals surface area contributed by atoms with Crippen molar-refractivity contribution in [3.8, 4) is 11.8 Å². The summed E-state index contributed by atoms with van der Waals surface area (Å²) in [5.74, 6) is 5.77. The third kappa shape index (κ3) is 4.17. The third-order valence-corrected chi connectivity index (χ3v) is 3.08. The maximum Gasteiger partial charge on any atom is 0.225 e. The van der Waals surface area contributed by atoms with Crippen LogP contribution in [0.2, 0.25) is 0 Å². The molecule has 1 N–H and O–H groups in total. The number of carbonyl (C=O) groups is 1. The molecule has 0 radical (unpaired) electrons. The van der Waals surface area contributed by atoms with Gasteiger partial charge in [0, 0.05) is 25.4 Å². The minimum Gasteiger partial charge on any atom is -0.300 e. The summed E-state index contributed by atoms with van der Waals surface area (Å²) >= 11 is 1.49. The van der Waals surface area contributed by atoms with Gasteiger partial charge in [0.25, 0.3) is 0 Å². The summed E-state index contributed by atoms with van der Waals surface area (Å²) in [6, 6.07) is 0. The van der Waals surface area contributed by atoms with Crippen LogP contribution in [-0.2, 0) is 11.3 Å². The van der Waals surface area contributed by atoms with Crippen molar-refractivity contribution in [3.05, 3.63) is 11.1 Å². The van der Waals surface area contributed by atoms with Crippen LogP contribution in [0.3, 0.4) is 0 Å². The maximum absolute atomic E-state index is 11.3. The van der Waals surface area contributed by atoms with E-state index in [1.54, 1.807) is 11.8 Å². The van der Waals surface area contributed by atoms with Crippen LogP contribution in [-0.4, -0.2) is 24.0 Å². The van der Waals surface area contributed by atoms with Crippen molar-refractivity contribution >= 4 is 22.4 Å². The van der Waals surface area contributed by atoms with E-state index in [9.17, 15) is 4.79 Å². The molecule has 1 amide bonds. The van der Waals surface area contributed by atoms with Crippen LogP contribution < -0.4 is 10.2 Å². The minimum atomic E-state index is 0.0261. The third-order valence-electron chi connectivity index (χ3n) is 2.16. The van der Waals surface area contributed by atoms with Crippen LogP contribution in [0.25, 0.3) is 0 Å². The monoisotopic (exact) mass is 251 g/mol. The number of amides is 1. The number of anilines is 1. The van der Waals surface area contributed by atoms with E-state index < -0.39 is 0 Å². The summed E-state index contributed by atoms with van der Waals surface area (Å²) < 4.78 is 0. The minimum absolute atomic E-state index is 0.0261. The van der Waals surface area contributed by atoms with Gasteiger partial charge in [0.2, 0.25) is 5.91 Å².